The van der Waals surface area contributed by atoms with Gasteiger partial charge in [-0.3, -0.25) is 9.59 Å². The summed E-state index contributed by atoms with van der Waals surface area (Å²) in [4.78, 5) is 24.4. The average Bonchev–Trinajstić information content (AvgIpc) is 3.18. The second kappa shape index (κ2) is 44.8. The molecule has 0 saturated carbocycles. The SMILES string of the molecule is CCCCCC/C=C\C/C=C\CCCCCCCC(=O)OCCCCCCCCCCCCCC(=O)NC(CO)C(O)/C=C/CCCCCCCCCCC. The molecule has 0 aromatic heterocycles. The number of nitrogens with one attached hydrogen (secondary N) is 1. The van der Waals surface area contributed by atoms with Crippen molar-refractivity contribution in [2.75, 3.05) is 13.2 Å². The van der Waals surface area contributed by atoms with Gasteiger partial charge in [0.1, 0.15) is 0 Å². The van der Waals surface area contributed by atoms with Gasteiger partial charge in [0, 0.05) is 12.8 Å². The van der Waals surface area contributed by atoms with Gasteiger partial charge in [-0.1, -0.05) is 198 Å². The number of ether oxygens (including phenoxy) is 1. The lowest BCUT2D eigenvalue weighted by atomic mass is 10.0. The summed E-state index contributed by atoms with van der Waals surface area (Å²) in [5, 5.41) is 22.9. The summed E-state index contributed by atoms with van der Waals surface area (Å²) in [6.07, 6.45) is 52.7. The average molecular weight is 774 g/mol. The molecule has 0 bridgehead atoms. The van der Waals surface area contributed by atoms with Crippen LogP contribution in [0.4, 0.5) is 0 Å². The maximum atomic E-state index is 12.4. The summed E-state index contributed by atoms with van der Waals surface area (Å²) in [6, 6.07) is -0.641. The summed E-state index contributed by atoms with van der Waals surface area (Å²) >= 11 is 0. The Morgan fingerprint density at radius 2 is 0.909 bits per heavy atom. The van der Waals surface area contributed by atoms with Crippen LogP contribution in [-0.2, 0) is 14.3 Å². The molecule has 322 valence electrons. The van der Waals surface area contributed by atoms with E-state index in [9.17, 15) is 19.8 Å². The molecule has 55 heavy (non-hydrogen) atoms. The van der Waals surface area contributed by atoms with E-state index in [2.05, 4.69) is 43.5 Å². The molecule has 0 aromatic rings. The molecule has 0 aliphatic rings. The molecule has 0 saturated heterocycles. The number of amides is 1. The van der Waals surface area contributed by atoms with Crippen LogP contribution in [0.3, 0.4) is 0 Å². The van der Waals surface area contributed by atoms with Crippen LogP contribution < -0.4 is 5.32 Å². The summed E-state index contributed by atoms with van der Waals surface area (Å²) in [7, 11) is 0. The topological polar surface area (TPSA) is 95.9 Å². The quantitative estimate of drug-likeness (QED) is 0.0326. The number of carbonyl (C=O) groups is 2. The van der Waals surface area contributed by atoms with Gasteiger partial charge in [-0.15, -0.1) is 0 Å². The fraction of sp³-hybridized carbons (Fsp3) is 0.837. The summed E-state index contributed by atoms with van der Waals surface area (Å²) in [6.45, 7) is 4.81. The monoisotopic (exact) mass is 774 g/mol. The van der Waals surface area contributed by atoms with E-state index in [0.29, 0.717) is 19.4 Å². The number of aliphatic hydroxyl groups is 2. The minimum absolute atomic E-state index is 0.0300. The largest absolute Gasteiger partial charge is 0.466 e. The van der Waals surface area contributed by atoms with Crippen molar-refractivity contribution in [1.29, 1.82) is 0 Å². The van der Waals surface area contributed by atoms with Gasteiger partial charge in [-0.25, -0.2) is 0 Å². The predicted octanol–water partition coefficient (Wildman–Crippen LogP) is 13.7. The van der Waals surface area contributed by atoms with Crippen molar-refractivity contribution < 1.29 is 24.5 Å². The van der Waals surface area contributed by atoms with Crippen LogP contribution in [0.5, 0.6) is 0 Å². The lowest BCUT2D eigenvalue weighted by Crippen LogP contribution is -2.45. The van der Waals surface area contributed by atoms with Gasteiger partial charge in [0.2, 0.25) is 5.91 Å². The van der Waals surface area contributed by atoms with Crippen molar-refractivity contribution in [3.63, 3.8) is 0 Å². The van der Waals surface area contributed by atoms with E-state index >= 15 is 0 Å². The zero-order valence-electron chi connectivity index (χ0n) is 36.4. The minimum Gasteiger partial charge on any atom is -0.466 e. The van der Waals surface area contributed by atoms with Crippen LogP contribution in [0.15, 0.2) is 36.5 Å². The first-order valence-electron chi connectivity index (χ1n) is 23.8. The first-order valence-corrected chi connectivity index (χ1v) is 23.8. The third-order valence-corrected chi connectivity index (χ3v) is 10.7. The van der Waals surface area contributed by atoms with Gasteiger partial charge >= 0.3 is 5.97 Å². The Bertz CT molecular complexity index is 900. The second-order valence-electron chi connectivity index (χ2n) is 16.1. The van der Waals surface area contributed by atoms with E-state index in [0.717, 1.165) is 70.6 Å². The molecule has 0 aromatic carbocycles. The molecule has 6 nitrogen and oxygen atoms in total. The number of hydrogen-bond acceptors (Lipinski definition) is 5. The smallest absolute Gasteiger partial charge is 0.305 e. The van der Waals surface area contributed by atoms with Crippen LogP contribution >= 0.6 is 0 Å². The molecule has 0 heterocycles. The third kappa shape index (κ3) is 41.5. The highest BCUT2D eigenvalue weighted by molar-refractivity contribution is 5.76. The molecule has 0 aliphatic carbocycles. The standard InChI is InChI=1S/C49H91NO5/c1-3-5-7-9-11-13-15-16-17-18-19-23-27-31-35-39-43-49(54)55-44-40-36-32-28-24-20-22-26-30-34-38-42-48(53)50-46(45-51)47(52)41-37-33-29-25-21-14-12-10-8-6-4-2/h13,15,17-18,37,41,46-47,51-52H,3-12,14,16,19-36,38-40,42-45H2,1-2H3,(H,50,53)/b15-13-,18-17-,41-37+. The molecule has 0 radical (unpaired) electrons. The Balaban J connectivity index is 3.51. The lowest BCUT2D eigenvalue weighted by Gasteiger charge is -2.20. The maximum Gasteiger partial charge on any atom is 0.305 e. The maximum absolute atomic E-state index is 12.4. The van der Waals surface area contributed by atoms with Crippen molar-refractivity contribution in [1.82, 2.24) is 5.32 Å². The molecule has 1 amide bonds. The molecule has 0 spiro atoms. The van der Waals surface area contributed by atoms with Gasteiger partial charge < -0.3 is 20.3 Å². The molecule has 0 rings (SSSR count). The Labute approximate surface area is 341 Å². The highest BCUT2D eigenvalue weighted by Gasteiger charge is 2.18. The Kier molecular flexibility index (Phi) is 43.2. The highest BCUT2D eigenvalue weighted by atomic mass is 16.5. The first-order chi connectivity index (χ1) is 27.0. The molecule has 6 heteroatoms. The number of aliphatic hydroxyl groups excluding tert-OH is 2. The van der Waals surface area contributed by atoms with Crippen LogP contribution in [0, 0.1) is 0 Å². The van der Waals surface area contributed by atoms with E-state index in [4.69, 9.17) is 4.74 Å². The van der Waals surface area contributed by atoms with Crippen molar-refractivity contribution in [2.24, 2.45) is 0 Å². The fourth-order valence-electron chi connectivity index (χ4n) is 6.95. The molecule has 3 N–H and O–H groups in total. The van der Waals surface area contributed by atoms with E-state index in [-0.39, 0.29) is 18.5 Å². The predicted molar refractivity (Wildman–Crippen MR) is 236 cm³/mol. The molecule has 2 unspecified atom stereocenters. The van der Waals surface area contributed by atoms with Crippen LogP contribution in [0.25, 0.3) is 0 Å². The number of esters is 1. The summed E-state index contributed by atoms with van der Waals surface area (Å²) in [5.74, 6) is -0.120. The highest BCUT2D eigenvalue weighted by Crippen LogP contribution is 2.14. The summed E-state index contributed by atoms with van der Waals surface area (Å²) in [5.41, 5.74) is 0. The van der Waals surface area contributed by atoms with Crippen LogP contribution in [0.2, 0.25) is 0 Å². The van der Waals surface area contributed by atoms with E-state index in [1.807, 2.05) is 6.08 Å². The zero-order chi connectivity index (χ0) is 40.1. The van der Waals surface area contributed by atoms with Crippen molar-refractivity contribution in [3.8, 4) is 0 Å². The van der Waals surface area contributed by atoms with Crippen molar-refractivity contribution >= 4 is 11.9 Å². The number of unbranched alkanes of at least 4 members (excludes halogenated alkanes) is 28. The Hall–Kier alpha value is -1.92. The minimum atomic E-state index is -0.856. The van der Waals surface area contributed by atoms with E-state index in [1.165, 1.54) is 141 Å². The summed E-state index contributed by atoms with van der Waals surface area (Å²) < 4.78 is 5.44. The van der Waals surface area contributed by atoms with Crippen LogP contribution in [0.1, 0.15) is 239 Å². The normalized spacial score (nSPS) is 13.0. The van der Waals surface area contributed by atoms with Crippen molar-refractivity contribution in [2.45, 2.75) is 251 Å². The molecular formula is C49H91NO5. The van der Waals surface area contributed by atoms with Crippen LogP contribution in [-0.4, -0.2) is 47.4 Å². The van der Waals surface area contributed by atoms with Gasteiger partial charge in [0.05, 0.1) is 25.4 Å². The number of rotatable bonds is 43. The van der Waals surface area contributed by atoms with E-state index in [1.54, 1.807) is 6.08 Å². The second-order valence-corrected chi connectivity index (χ2v) is 16.1. The lowest BCUT2D eigenvalue weighted by molar-refractivity contribution is -0.143. The molecule has 0 aliphatic heterocycles. The first kappa shape index (κ1) is 53.1. The number of carbonyl (C=O) groups excluding carboxylic acids is 2. The molecular weight excluding hydrogens is 683 g/mol. The van der Waals surface area contributed by atoms with Gasteiger partial charge in [-0.05, 0) is 64.2 Å². The molecule has 2 atom stereocenters. The number of hydrogen-bond donors (Lipinski definition) is 3. The van der Waals surface area contributed by atoms with Gasteiger partial charge in [-0.2, -0.15) is 0 Å². The van der Waals surface area contributed by atoms with E-state index < -0.39 is 12.1 Å². The Morgan fingerprint density at radius 3 is 1.40 bits per heavy atom. The Morgan fingerprint density at radius 1 is 0.509 bits per heavy atom. The zero-order valence-corrected chi connectivity index (χ0v) is 36.4. The third-order valence-electron chi connectivity index (χ3n) is 10.7. The number of allylic oxidation sites excluding steroid dienone is 5. The van der Waals surface area contributed by atoms with Gasteiger partial charge in [0.25, 0.3) is 0 Å². The molecule has 0 fully saturated rings. The fourth-order valence-corrected chi connectivity index (χ4v) is 6.95. The van der Waals surface area contributed by atoms with Crippen molar-refractivity contribution in [3.05, 3.63) is 36.5 Å². The van der Waals surface area contributed by atoms with Gasteiger partial charge in [0.15, 0.2) is 0 Å².